The number of aliphatic hydroxyl groups is 1. The lowest BCUT2D eigenvalue weighted by molar-refractivity contribution is -0.125. The average Bonchev–Trinajstić information content (AvgIpc) is 3.17. The van der Waals surface area contributed by atoms with Gasteiger partial charge in [-0.1, -0.05) is 11.6 Å². The van der Waals surface area contributed by atoms with Gasteiger partial charge in [0.25, 0.3) is 0 Å². The van der Waals surface area contributed by atoms with Crippen molar-refractivity contribution in [2.45, 2.75) is 31.3 Å². The van der Waals surface area contributed by atoms with Crippen molar-refractivity contribution >= 4 is 17.4 Å². The first-order valence-electron chi connectivity index (χ1n) is 9.09. The molecule has 1 aliphatic rings. The second-order valence-electron chi connectivity index (χ2n) is 6.96. The molecule has 0 spiro atoms. The lowest BCUT2D eigenvalue weighted by atomic mass is 9.82. The van der Waals surface area contributed by atoms with Gasteiger partial charge in [-0.15, -0.1) is 0 Å². The predicted octanol–water partition coefficient (Wildman–Crippen LogP) is 3.93. The number of carbonyl (C=O) groups excluding carboxylic acids is 1. The molecule has 0 bridgehead atoms. The van der Waals surface area contributed by atoms with Crippen LogP contribution in [0.15, 0.2) is 48.7 Å². The van der Waals surface area contributed by atoms with Crippen LogP contribution in [-0.4, -0.2) is 32.8 Å². The van der Waals surface area contributed by atoms with Crippen LogP contribution in [0.25, 0.3) is 16.9 Å². The van der Waals surface area contributed by atoms with E-state index in [0.717, 1.165) is 22.7 Å². The summed E-state index contributed by atoms with van der Waals surface area (Å²) in [7, 11) is 1.62. The third kappa shape index (κ3) is 3.53. The number of aromatic nitrogens is 3. The van der Waals surface area contributed by atoms with Gasteiger partial charge < -0.3 is 9.84 Å². The van der Waals surface area contributed by atoms with E-state index >= 15 is 0 Å². The molecule has 1 aromatic carbocycles. The van der Waals surface area contributed by atoms with E-state index < -0.39 is 5.60 Å². The van der Waals surface area contributed by atoms with Gasteiger partial charge in [0.2, 0.25) is 0 Å². The van der Waals surface area contributed by atoms with Crippen molar-refractivity contribution < 1.29 is 14.6 Å². The van der Waals surface area contributed by atoms with E-state index in [1.54, 1.807) is 24.1 Å². The number of carbonyl (C=O) groups is 1. The van der Waals surface area contributed by atoms with Gasteiger partial charge in [-0.05, 0) is 55.3 Å². The summed E-state index contributed by atoms with van der Waals surface area (Å²) in [6.07, 6.45) is 3.17. The normalized spacial score (nSPS) is 16.2. The maximum Gasteiger partial charge on any atom is 0.133 e. The van der Waals surface area contributed by atoms with E-state index in [1.807, 2.05) is 36.4 Å². The number of rotatable bonds is 4. The Balaban J connectivity index is 1.81. The minimum Gasteiger partial charge on any atom is -0.497 e. The zero-order valence-electron chi connectivity index (χ0n) is 15.4. The highest BCUT2D eigenvalue weighted by Gasteiger charge is 2.37. The van der Waals surface area contributed by atoms with Gasteiger partial charge in [-0.25, -0.2) is 9.67 Å². The molecule has 6 nitrogen and oxygen atoms in total. The number of pyridine rings is 1. The van der Waals surface area contributed by atoms with Crippen LogP contribution >= 0.6 is 11.6 Å². The second kappa shape index (κ2) is 7.37. The summed E-state index contributed by atoms with van der Waals surface area (Å²) in [6, 6.07) is 13.0. The molecule has 0 aliphatic heterocycles. The molecule has 0 unspecified atom stereocenters. The van der Waals surface area contributed by atoms with Gasteiger partial charge in [0.15, 0.2) is 0 Å². The van der Waals surface area contributed by atoms with Crippen molar-refractivity contribution in [3.05, 3.63) is 59.5 Å². The number of ketones is 1. The lowest BCUT2D eigenvalue weighted by Gasteiger charge is -2.29. The smallest absolute Gasteiger partial charge is 0.133 e. The quantitative estimate of drug-likeness (QED) is 0.675. The largest absolute Gasteiger partial charge is 0.497 e. The Labute approximate surface area is 167 Å². The molecule has 2 aromatic heterocycles. The first-order valence-corrected chi connectivity index (χ1v) is 9.47. The molecular weight excluding hydrogens is 378 g/mol. The van der Waals surface area contributed by atoms with Crippen LogP contribution in [-0.2, 0) is 10.4 Å². The van der Waals surface area contributed by atoms with Gasteiger partial charge >= 0.3 is 0 Å². The number of halogens is 1. The van der Waals surface area contributed by atoms with Crippen LogP contribution in [0.1, 0.15) is 31.4 Å². The summed E-state index contributed by atoms with van der Waals surface area (Å²) in [5, 5.41) is 16.2. The highest BCUT2D eigenvalue weighted by atomic mass is 35.5. The van der Waals surface area contributed by atoms with Gasteiger partial charge in [0.1, 0.15) is 22.3 Å². The van der Waals surface area contributed by atoms with Gasteiger partial charge in [0.05, 0.1) is 24.2 Å². The number of hydrogen-bond donors (Lipinski definition) is 1. The maximum atomic E-state index is 11.6. The van der Waals surface area contributed by atoms with Crippen LogP contribution < -0.4 is 4.74 Å². The Bertz CT molecular complexity index is 987. The van der Waals surface area contributed by atoms with E-state index in [9.17, 15) is 9.90 Å². The maximum absolute atomic E-state index is 11.6. The van der Waals surface area contributed by atoms with Crippen molar-refractivity contribution in [3.63, 3.8) is 0 Å². The molecule has 28 heavy (non-hydrogen) atoms. The topological polar surface area (TPSA) is 77.2 Å². The van der Waals surface area contributed by atoms with Gasteiger partial charge in [-0.3, -0.25) is 4.79 Å². The summed E-state index contributed by atoms with van der Waals surface area (Å²) in [5.41, 5.74) is 1.89. The summed E-state index contributed by atoms with van der Waals surface area (Å²) < 4.78 is 7.01. The molecule has 3 aromatic rings. The van der Waals surface area contributed by atoms with Crippen LogP contribution in [0.3, 0.4) is 0 Å². The number of benzene rings is 1. The first kappa shape index (κ1) is 18.7. The van der Waals surface area contributed by atoms with E-state index in [2.05, 4.69) is 4.98 Å². The average molecular weight is 398 g/mol. The standard InChI is InChI=1S/C21H20ClN3O3/c1-28-17-5-3-15(4-6-17)25-18(14-2-7-20(22)23-13-14)12-19(24-25)21(27)10-8-16(26)9-11-21/h2-7,12-13,27H,8-11H2,1H3. The molecule has 1 saturated carbocycles. The fourth-order valence-corrected chi connectivity index (χ4v) is 3.57. The van der Waals surface area contributed by atoms with Crippen LogP contribution in [0.5, 0.6) is 5.75 Å². The molecule has 1 aliphatic carbocycles. The fourth-order valence-electron chi connectivity index (χ4n) is 3.46. The molecule has 7 heteroatoms. The lowest BCUT2D eigenvalue weighted by Crippen LogP contribution is -2.32. The molecule has 0 amide bonds. The molecule has 2 heterocycles. The highest BCUT2D eigenvalue weighted by molar-refractivity contribution is 6.29. The number of methoxy groups -OCH3 is 1. The van der Waals surface area contributed by atoms with E-state index in [4.69, 9.17) is 21.4 Å². The molecule has 0 atom stereocenters. The minimum atomic E-state index is -1.11. The summed E-state index contributed by atoms with van der Waals surface area (Å²) in [4.78, 5) is 15.8. The third-order valence-corrected chi connectivity index (χ3v) is 5.38. The molecule has 144 valence electrons. The van der Waals surface area contributed by atoms with Gasteiger partial charge in [0, 0.05) is 24.6 Å². The third-order valence-electron chi connectivity index (χ3n) is 5.16. The van der Waals surface area contributed by atoms with E-state index in [1.165, 1.54) is 0 Å². The molecular formula is C21H20ClN3O3. The van der Waals surface area contributed by atoms with Gasteiger partial charge in [-0.2, -0.15) is 5.10 Å². The Hall–Kier alpha value is -2.70. The zero-order valence-corrected chi connectivity index (χ0v) is 16.2. The summed E-state index contributed by atoms with van der Waals surface area (Å²) >= 11 is 5.93. The van der Waals surface area contributed by atoms with Crippen molar-refractivity contribution in [1.29, 1.82) is 0 Å². The Morgan fingerprint density at radius 1 is 1.14 bits per heavy atom. The monoisotopic (exact) mass is 397 g/mol. The van der Waals surface area contributed by atoms with Crippen molar-refractivity contribution in [2.75, 3.05) is 7.11 Å². The summed E-state index contributed by atoms with van der Waals surface area (Å²) in [5.74, 6) is 0.927. The fraction of sp³-hybridized carbons (Fsp3) is 0.286. The first-order chi connectivity index (χ1) is 13.5. The zero-order chi connectivity index (χ0) is 19.7. The Morgan fingerprint density at radius 3 is 2.46 bits per heavy atom. The SMILES string of the molecule is COc1ccc(-n2nc(C3(O)CCC(=O)CC3)cc2-c2ccc(Cl)nc2)cc1. The van der Waals surface area contributed by atoms with Crippen molar-refractivity contribution in [2.24, 2.45) is 0 Å². The molecule has 4 rings (SSSR count). The second-order valence-corrected chi connectivity index (χ2v) is 7.35. The van der Waals surface area contributed by atoms with Crippen LogP contribution in [0, 0.1) is 0 Å². The Kier molecular flexibility index (Phi) is 4.91. The number of Topliss-reactive ketones (excluding diaryl/α,β-unsaturated/α-hetero) is 1. The van der Waals surface area contributed by atoms with E-state index in [0.29, 0.717) is 36.5 Å². The van der Waals surface area contributed by atoms with Crippen LogP contribution in [0.2, 0.25) is 5.15 Å². The van der Waals surface area contributed by atoms with Crippen molar-refractivity contribution in [1.82, 2.24) is 14.8 Å². The molecule has 0 radical (unpaired) electrons. The number of hydrogen-bond acceptors (Lipinski definition) is 5. The summed E-state index contributed by atoms with van der Waals surface area (Å²) in [6.45, 7) is 0. The number of nitrogens with zero attached hydrogens (tertiary/aromatic N) is 3. The minimum absolute atomic E-state index is 0.182. The predicted molar refractivity (Wildman–Crippen MR) is 106 cm³/mol. The van der Waals surface area contributed by atoms with Crippen molar-refractivity contribution in [3.8, 4) is 22.7 Å². The van der Waals surface area contributed by atoms with Crippen LogP contribution in [0.4, 0.5) is 0 Å². The Morgan fingerprint density at radius 2 is 1.86 bits per heavy atom. The molecule has 0 saturated heterocycles. The molecule has 1 fully saturated rings. The highest BCUT2D eigenvalue weighted by Crippen LogP contribution is 2.37. The van der Waals surface area contributed by atoms with E-state index in [-0.39, 0.29) is 5.78 Å². The number of ether oxygens (including phenoxy) is 1. The molecule has 1 N–H and O–H groups in total.